The lowest BCUT2D eigenvalue weighted by Gasteiger charge is -2.29. The Morgan fingerprint density at radius 2 is 1.17 bits per heavy atom. The van der Waals surface area contributed by atoms with E-state index in [9.17, 15) is 13.2 Å². The molecule has 0 bridgehead atoms. The lowest BCUT2D eigenvalue weighted by Crippen LogP contribution is -2.52. The molecule has 1 fully saturated rings. The Morgan fingerprint density at radius 3 is 1.57 bits per heavy atom. The van der Waals surface area contributed by atoms with Crippen LogP contribution in [0.1, 0.15) is 19.4 Å². The first-order valence-electron chi connectivity index (χ1n) is 12.1. The Morgan fingerprint density at radius 1 is 0.771 bits per heavy atom. The predicted molar refractivity (Wildman–Crippen MR) is 131 cm³/mol. The van der Waals surface area contributed by atoms with Gasteiger partial charge in [0, 0.05) is 13.1 Å². The molecule has 0 aromatic heterocycles. The van der Waals surface area contributed by atoms with E-state index < -0.39 is 16.1 Å². The molecule has 1 aliphatic rings. The fraction of sp³-hybridized carbons (Fsp3) is 0.708. The highest BCUT2D eigenvalue weighted by Crippen LogP contribution is 2.14. The number of ether oxygens (including phenoxy) is 5. The molecular weight excluding hydrogens is 476 g/mol. The number of nitrogens with zero attached hydrogens (tertiary/aromatic N) is 1. The largest absolute Gasteiger partial charge is 0.377 e. The third kappa shape index (κ3) is 11.3. The molecule has 200 valence electrons. The summed E-state index contributed by atoms with van der Waals surface area (Å²) in [6, 6.07) is 5.60. The van der Waals surface area contributed by atoms with Crippen LogP contribution in [-0.2, 0) is 38.5 Å². The van der Waals surface area contributed by atoms with E-state index in [2.05, 4.69) is 4.72 Å². The highest BCUT2D eigenvalue weighted by Gasteiger charge is 2.31. The standard InChI is InChI=1S/C24H40N2O8S/c1-20(2)23(25-35(28,29)22-6-4-21(3)5-7-22)24(27)26-8-10-30-12-14-32-16-18-34-19-17-33-15-13-31-11-9-26/h4-7,20,23,25H,8-19H2,1-3H3. The molecule has 0 spiro atoms. The SMILES string of the molecule is Cc1ccc(S(=O)(=O)NC(C(=O)N2CCOCCOCCOCCOCCOCC2)C(C)C)cc1. The molecule has 1 aromatic rings. The maximum absolute atomic E-state index is 13.5. The summed E-state index contributed by atoms with van der Waals surface area (Å²) < 4.78 is 56.1. The Hall–Kier alpha value is -1.60. The van der Waals surface area contributed by atoms with Crippen molar-refractivity contribution >= 4 is 15.9 Å². The molecule has 1 aromatic carbocycles. The summed E-state index contributed by atoms with van der Waals surface area (Å²) >= 11 is 0. The van der Waals surface area contributed by atoms with Gasteiger partial charge in [-0.3, -0.25) is 4.79 Å². The number of nitrogens with one attached hydrogen (secondary N) is 1. The third-order valence-corrected chi connectivity index (χ3v) is 6.81. The topological polar surface area (TPSA) is 113 Å². The minimum Gasteiger partial charge on any atom is -0.377 e. The summed E-state index contributed by atoms with van der Waals surface area (Å²) in [7, 11) is -3.87. The van der Waals surface area contributed by atoms with Crippen molar-refractivity contribution in [3.63, 3.8) is 0 Å². The van der Waals surface area contributed by atoms with Crippen LogP contribution >= 0.6 is 0 Å². The van der Waals surface area contributed by atoms with E-state index in [1.807, 2.05) is 20.8 Å². The molecule has 1 aliphatic heterocycles. The number of rotatable bonds is 5. The van der Waals surface area contributed by atoms with Crippen LogP contribution < -0.4 is 4.72 Å². The molecule has 1 unspecified atom stereocenters. The van der Waals surface area contributed by atoms with Gasteiger partial charge in [0.2, 0.25) is 15.9 Å². The van der Waals surface area contributed by atoms with Gasteiger partial charge in [-0.1, -0.05) is 31.5 Å². The van der Waals surface area contributed by atoms with Gasteiger partial charge < -0.3 is 28.6 Å². The van der Waals surface area contributed by atoms with Crippen molar-refractivity contribution in [2.24, 2.45) is 5.92 Å². The van der Waals surface area contributed by atoms with E-state index in [4.69, 9.17) is 23.7 Å². The van der Waals surface area contributed by atoms with E-state index in [0.29, 0.717) is 79.2 Å². The molecule has 1 N–H and O–H groups in total. The van der Waals surface area contributed by atoms with Gasteiger partial charge in [-0.2, -0.15) is 4.72 Å². The molecule has 1 heterocycles. The van der Waals surface area contributed by atoms with E-state index in [0.717, 1.165) is 5.56 Å². The van der Waals surface area contributed by atoms with Gasteiger partial charge in [0.15, 0.2) is 0 Å². The fourth-order valence-corrected chi connectivity index (χ4v) is 4.62. The zero-order chi connectivity index (χ0) is 25.5. The molecule has 10 nitrogen and oxygen atoms in total. The van der Waals surface area contributed by atoms with Gasteiger partial charge in [-0.25, -0.2) is 8.42 Å². The lowest BCUT2D eigenvalue weighted by atomic mass is 10.0. The van der Waals surface area contributed by atoms with Gasteiger partial charge in [-0.15, -0.1) is 0 Å². The average Bonchev–Trinajstić information content (AvgIpc) is 2.82. The number of benzene rings is 1. The maximum atomic E-state index is 13.5. The first-order valence-corrected chi connectivity index (χ1v) is 13.6. The highest BCUT2D eigenvalue weighted by atomic mass is 32.2. The summed E-state index contributed by atoms with van der Waals surface area (Å²) in [6.07, 6.45) is 0. The van der Waals surface area contributed by atoms with Gasteiger partial charge >= 0.3 is 0 Å². The van der Waals surface area contributed by atoms with Crippen LogP contribution in [0.5, 0.6) is 0 Å². The zero-order valence-electron chi connectivity index (χ0n) is 21.1. The van der Waals surface area contributed by atoms with Crippen molar-refractivity contribution in [1.82, 2.24) is 9.62 Å². The van der Waals surface area contributed by atoms with Crippen molar-refractivity contribution in [2.75, 3.05) is 79.2 Å². The van der Waals surface area contributed by atoms with Crippen molar-refractivity contribution in [3.8, 4) is 0 Å². The van der Waals surface area contributed by atoms with Crippen LogP contribution in [0.25, 0.3) is 0 Å². The highest BCUT2D eigenvalue weighted by molar-refractivity contribution is 7.89. The van der Waals surface area contributed by atoms with E-state index in [1.165, 1.54) is 12.1 Å². The molecule has 1 atom stereocenters. The Balaban J connectivity index is 2.03. The van der Waals surface area contributed by atoms with E-state index >= 15 is 0 Å². The second-order valence-electron chi connectivity index (χ2n) is 8.54. The second kappa shape index (κ2) is 16.2. The van der Waals surface area contributed by atoms with Crippen molar-refractivity contribution in [2.45, 2.75) is 31.7 Å². The smallest absolute Gasteiger partial charge is 0.241 e. The molecule has 0 aliphatic carbocycles. The number of sulfonamides is 1. The van der Waals surface area contributed by atoms with Crippen LogP contribution in [0.3, 0.4) is 0 Å². The van der Waals surface area contributed by atoms with Crippen LogP contribution in [0, 0.1) is 12.8 Å². The Bertz CT molecular complexity index is 814. The molecule has 0 saturated carbocycles. The first kappa shape index (κ1) is 29.6. The Labute approximate surface area is 209 Å². The van der Waals surface area contributed by atoms with Crippen LogP contribution in [0.2, 0.25) is 0 Å². The Kier molecular flexibility index (Phi) is 13.7. The summed E-state index contributed by atoms with van der Waals surface area (Å²) in [4.78, 5) is 15.2. The van der Waals surface area contributed by atoms with E-state index in [1.54, 1.807) is 17.0 Å². The quantitative estimate of drug-likeness (QED) is 0.622. The molecule has 0 radical (unpaired) electrons. The van der Waals surface area contributed by atoms with Gasteiger partial charge in [-0.05, 0) is 25.0 Å². The monoisotopic (exact) mass is 516 g/mol. The summed E-state index contributed by atoms with van der Waals surface area (Å²) in [5.74, 6) is -0.580. The number of amides is 1. The number of hydrogen-bond acceptors (Lipinski definition) is 8. The molecule has 2 rings (SSSR count). The molecule has 1 amide bonds. The average molecular weight is 517 g/mol. The summed E-state index contributed by atoms with van der Waals surface area (Å²) in [5, 5.41) is 0. The number of carbonyl (C=O) groups excluding carboxylic acids is 1. The van der Waals surface area contributed by atoms with Crippen molar-refractivity contribution < 1.29 is 36.9 Å². The first-order chi connectivity index (χ1) is 16.8. The lowest BCUT2D eigenvalue weighted by molar-refractivity contribution is -0.135. The van der Waals surface area contributed by atoms with Gasteiger partial charge in [0.05, 0.1) is 71.0 Å². The van der Waals surface area contributed by atoms with E-state index in [-0.39, 0.29) is 16.7 Å². The van der Waals surface area contributed by atoms with Crippen LogP contribution in [0.4, 0.5) is 0 Å². The third-order valence-electron chi connectivity index (χ3n) is 5.36. The minimum atomic E-state index is -3.87. The van der Waals surface area contributed by atoms with Crippen molar-refractivity contribution in [1.29, 1.82) is 0 Å². The fourth-order valence-electron chi connectivity index (χ4n) is 3.28. The predicted octanol–water partition coefficient (Wildman–Crippen LogP) is 1.22. The number of aryl methyl sites for hydroxylation is 1. The normalized spacial score (nSPS) is 19.6. The summed E-state index contributed by atoms with van der Waals surface area (Å²) in [6.45, 7) is 10.2. The maximum Gasteiger partial charge on any atom is 0.241 e. The molecule has 11 heteroatoms. The van der Waals surface area contributed by atoms with Gasteiger partial charge in [0.25, 0.3) is 0 Å². The van der Waals surface area contributed by atoms with Crippen LogP contribution in [-0.4, -0.2) is 104 Å². The second-order valence-corrected chi connectivity index (χ2v) is 10.3. The van der Waals surface area contributed by atoms with Gasteiger partial charge in [0.1, 0.15) is 6.04 Å². The van der Waals surface area contributed by atoms with Crippen LogP contribution in [0.15, 0.2) is 29.2 Å². The zero-order valence-corrected chi connectivity index (χ0v) is 21.9. The summed E-state index contributed by atoms with van der Waals surface area (Å²) in [5.41, 5.74) is 0.952. The molecule has 35 heavy (non-hydrogen) atoms. The number of hydrogen-bond donors (Lipinski definition) is 1. The minimum absolute atomic E-state index is 0.123. The number of carbonyl (C=O) groups is 1. The van der Waals surface area contributed by atoms with Crippen molar-refractivity contribution in [3.05, 3.63) is 29.8 Å². The molecular formula is C24H40N2O8S. The molecule has 1 saturated heterocycles.